The van der Waals surface area contributed by atoms with Crippen LogP contribution in [-0.4, -0.2) is 54.5 Å². The molecule has 0 spiro atoms. The molecule has 2 N–H and O–H groups in total. The maximum Gasteiger partial charge on any atom is 0.409 e. The van der Waals surface area contributed by atoms with E-state index in [4.69, 9.17) is 4.74 Å². The van der Waals surface area contributed by atoms with Crippen molar-refractivity contribution in [2.24, 2.45) is 11.8 Å². The summed E-state index contributed by atoms with van der Waals surface area (Å²) in [7, 11) is 0. The monoisotopic (exact) mass is 298 g/mol. The molecule has 2 fully saturated rings. The molecule has 2 aliphatic rings. The summed E-state index contributed by atoms with van der Waals surface area (Å²) in [6, 6.07) is 0.465. The van der Waals surface area contributed by atoms with E-state index in [2.05, 4.69) is 5.32 Å². The largest absolute Gasteiger partial charge is 0.449 e. The summed E-state index contributed by atoms with van der Waals surface area (Å²) in [5, 5.41) is 13.4. The number of likely N-dealkylation sites (tertiary alicyclic amines) is 1. The summed E-state index contributed by atoms with van der Waals surface area (Å²) in [6.45, 7) is 7.02. The normalized spacial score (nSPS) is 27.3. The predicted molar refractivity (Wildman–Crippen MR) is 82.1 cm³/mol. The summed E-state index contributed by atoms with van der Waals surface area (Å²) >= 11 is 0. The predicted octanol–water partition coefficient (Wildman–Crippen LogP) is 1.99. The maximum absolute atomic E-state index is 11.9. The van der Waals surface area contributed by atoms with E-state index in [9.17, 15) is 9.90 Å². The standard InChI is InChI=1S/C16H30N2O3/c1-12(2)11-21-16(20)18-8-6-14(7-9-18)17-10-13-4-3-5-15(13)19/h12-15,17,19H,3-11H2,1-2H3/t13-,15+/m0/s1. The molecule has 2 rings (SSSR count). The number of amides is 1. The summed E-state index contributed by atoms with van der Waals surface area (Å²) in [6.07, 6.45) is 4.88. The van der Waals surface area contributed by atoms with Crippen molar-refractivity contribution in [2.45, 2.75) is 58.1 Å². The second-order valence-corrected chi connectivity index (χ2v) is 6.90. The minimum Gasteiger partial charge on any atom is -0.449 e. The van der Waals surface area contributed by atoms with Gasteiger partial charge in [-0.1, -0.05) is 20.3 Å². The highest BCUT2D eigenvalue weighted by atomic mass is 16.6. The van der Waals surface area contributed by atoms with Crippen LogP contribution < -0.4 is 5.32 Å². The zero-order chi connectivity index (χ0) is 15.2. The molecular formula is C16H30N2O3. The van der Waals surface area contributed by atoms with E-state index in [1.54, 1.807) is 0 Å². The van der Waals surface area contributed by atoms with Crippen LogP contribution in [0.4, 0.5) is 4.79 Å². The quantitative estimate of drug-likeness (QED) is 0.815. The minimum absolute atomic E-state index is 0.122. The van der Waals surface area contributed by atoms with E-state index < -0.39 is 0 Å². The van der Waals surface area contributed by atoms with Crippen LogP contribution in [0.1, 0.15) is 46.0 Å². The number of aliphatic hydroxyl groups is 1. The molecule has 5 heteroatoms. The van der Waals surface area contributed by atoms with Gasteiger partial charge in [-0.3, -0.25) is 0 Å². The molecule has 5 nitrogen and oxygen atoms in total. The molecule has 122 valence electrons. The van der Waals surface area contributed by atoms with Crippen molar-refractivity contribution in [3.8, 4) is 0 Å². The Morgan fingerprint density at radius 1 is 1.29 bits per heavy atom. The molecule has 0 aromatic rings. The van der Waals surface area contributed by atoms with E-state index in [1.165, 1.54) is 0 Å². The average Bonchev–Trinajstić information content (AvgIpc) is 2.88. The van der Waals surface area contributed by atoms with E-state index in [0.29, 0.717) is 24.5 Å². The second kappa shape index (κ2) is 7.99. The van der Waals surface area contributed by atoms with Crippen LogP contribution in [0.3, 0.4) is 0 Å². The molecule has 0 radical (unpaired) electrons. The van der Waals surface area contributed by atoms with Crippen LogP contribution in [0.15, 0.2) is 0 Å². The lowest BCUT2D eigenvalue weighted by atomic mass is 10.0. The summed E-state index contributed by atoms with van der Waals surface area (Å²) in [4.78, 5) is 13.7. The third-order valence-corrected chi connectivity index (χ3v) is 4.58. The first-order valence-electron chi connectivity index (χ1n) is 8.39. The maximum atomic E-state index is 11.9. The molecule has 1 heterocycles. The highest BCUT2D eigenvalue weighted by molar-refractivity contribution is 5.67. The van der Waals surface area contributed by atoms with Gasteiger partial charge in [0.1, 0.15) is 0 Å². The number of nitrogens with zero attached hydrogens (tertiary/aromatic N) is 1. The van der Waals surface area contributed by atoms with Crippen LogP contribution >= 0.6 is 0 Å². The van der Waals surface area contributed by atoms with Gasteiger partial charge in [0.05, 0.1) is 12.7 Å². The molecule has 0 unspecified atom stereocenters. The lowest BCUT2D eigenvalue weighted by Gasteiger charge is -2.32. The lowest BCUT2D eigenvalue weighted by molar-refractivity contribution is 0.0805. The Balaban J connectivity index is 1.62. The van der Waals surface area contributed by atoms with Crippen molar-refractivity contribution in [3.05, 3.63) is 0 Å². The molecule has 1 aliphatic carbocycles. The molecule has 2 atom stereocenters. The van der Waals surface area contributed by atoms with Crippen molar-refractivity contribution in [2.75, 3.05) is 26.2 Å². The van der Waals surface area contributed by atoms with E-state index in [-0.39, 0.29) is 12.2 Å². The Morgan fingerprint density at radius 3 is 2.57 bits per heavy atom. The number of hydrogen-bond donors (Lipinski definition) is 2. The van der Waals surface area contributed by atoms with Crippen LogP contribution in [0.2, 0.25) is 0 Å². The first-order valence-corrected chi connectivity index (χ1v) is 8.39. The molecule has 1 saturated carbocycles. The van der Waals surface area contributed by atoms with Gasteiger partial charge in [-0.05, 0) is 37.5 Å². The Kier molecular flexibility index (Phi) is 6.30. The lowest BCUT2D eigenvalue weighted by Crippen LogP contribution is -2.46. The average molecular weight is 298 g/mol. The number of piperidine rings is 1. The Hall–Kier alpha value is -0.810. The second-order valence-electron chi connectivity index (χ2n) is 6.90. The van der Waals surface area contributed by atoms with Crippen molar-refractivity contribution >= 4 is 6.09 Å². The highest BCUT2D eigenvalue weighted by Crippen LogP contribution is 2.25. The minimum atomic E-state index is -0.173. The zero-order valence-corrected chi connectivity index (χ0v) is 13.4. The third-order valence-electron chi connectivity index (χ3n) is 4.58. The molecule has 1 saturated heterocycles. The van der Waals surface area contributed by atoms with E-state index in [1.807, 2.05) is 18.7 Å². The number of aliphatic hydroxyl groups excluding tert-OH is 1. The molecule has 0 aromatic carbocycles. The van der Waals surface area contributed by atoms with Crippen molar-refractivity contribution in [3.63, 3.8) is 0 Å². The van der Waals surface area contributed by atoms with Gasteiger partial charge in [0, 0.05) is 25.7 Å². The Morgan fingerprint density at radius 2 is 2.00 bits per heavy atom. The molecule has 0 aromatic heterocycles. The van der Waals surface area contributed by atoms with Crippen LogP contribution in [0.25, 0.3) is 0 Å². The van der Waals surface area contributed by atoms with Crippen molar-refractivity contribution in [1.82, 2.24) is 10.2 Å². The molecule has 1 amide bonds. The van der Waals surface area contributed by atoms with Gasteiger partial charge in [0.15, 0.2) is 0 Å². The van der Waals surface area contributed by atoms with Gasteiger partial charge >= 0.3 is 6.09 Å². The fourth-order valence-electron chi connectivity index (χ4n) is 3.17. The van der Waals surface area contributed by atoms with Crippen LogP contribution in [0, 0.1) is 11.8 Å². The molecule has 0 bridgehead atoms. The van der Waals surface area contributed by atoms with Gasteiger partial charge in [-0.25, -0.2) is 4.79 Å². The zero-order valence-electron chi connectivity index (χ0n) is 13.4. The fourth-order valence-corrected chi connectivity index (χ4v) is 3.17. The smallest absolute Gasteiger partial charge is 0.409 e. The van der Waals surface area contributed by atoms with Gasteiger partial charge in [-0.15, -0.1) is 0 Å². The first kappa shape index (κ1) is 16.6. The van der Waals surface area contributed by atoms with Gasteiger partial charge in [0.2, 0.25) is 0 Å². The number of nitrogens with one attached hydrogen (secondary N) is 1. The fraction of sp³-hybridized carbons (Fsp3) is 0.938. The first-order chi connectivity index (χ1) is 10.1. The van der Waals surface area contributed by atoms with Crippen LogP contribution in [0.5, 0.6) is 0 Å². The topological polar surface area (TPSA) is 61.8 Å². The SMILES string of the molecule is CC(C)COC(=O)N1CCC(NC[C@@H]2CCC[C@H]2O)CC1. The van der Waals surface area contributed by atoms with E-state index in [0.717, 1.165) is 51.7 Å². The van der Waals surface area contributed by atoms with Crippen molar-refractivity contribution in [1.29, 1.82) is 0 Å². The number of carbonyl (C=O) groups excluding carboxylic acids is 1. The van der Waals surface area contributed by atoms with Gasteiger partial charge in [-0.2, -0.15) is 0 Å². The molecule has 21 heavy (non-hydrogen) atoms. The number of ether oxygens (including phenoxy) is 1. The number of hydrogen-bond acceptors (Lipinski definition) is 4. The Labute approximate surface area is 128 Å². The van der Waals surface area contributed by atoms with Gasteiger partial charge in [0.25, 0.3) is 0 Å². The third kappa shape index (κ3) is 5.15. The molecule has 1 aliphatic heterocycles. The van der Waals surface area contributed by atoms with Crippen molar-refractivity contribution < 1.29 is 14.6 Å². The Bertz CT molecular complexity index is 327. The van der Waals surface area contributed by atoms with E-state index >= 15 is 0 Å². The number of carbonyl (C=O) groups is 1. The molecular weight excluding hydrogens is 268 g/mol. The summed E-state index contributed by atoms with van der Waals surface area (Å²) < 4.78 is 5.27. The van der Waals surface area contributed by atoms with Crippen LogP contribution in [-0.2, 0) is 4.74 Å². The summed E-state index contributed by atoms with van der Waals surface area (Å²) in [5.41, 5.74) is 0. The highest BCUT2D eigenvalue weighted by Gasteiger charge is 2.27. The summed E-state index contributed by atoms with van der Waals surface area (Å²) in [5.74, 6) is 0.796. The van der Waals surface area contributed by atoms with Gasteiger partial charge < -0.3 is 20.1 Å². The number of rotatable bonds is 5.